The molecule has 1 aromatic rings. The summed E-state index contributed by atoms with van der Waals surface area (Å²) < 4.78 is 10.6. The van der Waals surface area contributed by atoms with Gasteiger partial charge in [0, 0.05) is 12.2 Å². The Balaban J connectivity index is 2.43. The maximum atomic E-state index is 8.85. The maximum absolute atomic E-state index is 8.85. The standard InChI is InChI=1S/C10H12O3/c1-7-4-8(2-3-11)10-9(5-7)12-6-13-10/h4-5,11H,2-3,6H2,1H3. The Labute approximate surface area is 76.9 Å². The number of aryl methyl sites for hydroxylation is 1. The molecule has 0 aromatic heterocycles. The molecule has 1 aromatic carbocycles. The fourth-order valence-electron chi connectivity index (χ4n) is 1.54. The lowest BCUT2D eigenvalue weighted by Gasteiger charge is -2.05. The quantitative estimate of drug-likeness (QED) is 0.744. The highest BCUT2D eigenvalue weighted by Gasteiger charge is 2.17. The molecule has 0 bridgehead atoms. The van der Waals surface area contributed by atoms with Crippen molar-refractivity contribution in [2.24, 2.45) is 0 Å². The van der Waals surface area contributed by atoms with Crippen LogP contribution in [0.1, 0.15) is 11.1 Å². The van der Waals surface area contributed by atoms with Crippen molar-refractivity contribution in [3.8, 4) is 11.5 Å². The predicted molar refractivity (Wildman–Crippen MR) is 48.1 cm³/mol. The van der Waals surface area contributed by atoms with Gasteiger partial charge in [-0.1, -0.05) is 6.07 Å². The number of aliphatic hydroxyl groups is 1. The third-order valence-corrected chi connectivity index (χ3v) is 2.07. The molecule has 0 radical (unpaired) electrons. The van der Waals surface area contributed by atoms with E-state index < -0.39 is 0 Å². The van der Waals surface area contributed by atoms with Gasteiger partial charge in [-0.25, -0.2) is 0 Å². The van der Waals surface area contributed by atoms with E-state index in [0.717, 1.165) is 22.6 Å². The second-order valence-corrected chi connectivity index (χ2v) is 3.13. The van der Waals surface area contributed by atoms with Gasteiger partial charge in [0.15, 0.2) is 11.5 Å². The Hall–Kier alpha value is -1.22. The summed E-state index contributed by atoms with van der Waals surface area (Å²) in [6.45, 7) is 2.43. The molecule has 0 saturated carbocycles. The Kier molecular flexibility index (Phi) is 2.10. The molecule has 0 fully saturated rings. The maximum Gasteiger partial charge on any atom is 0.231 e. The van der Waals surface area contributed by atoms with Crippen LogP contribution in [-0.2, 0) is 6.42 Å². The fourth-order valence-corrected chi connectivity index (χ4v) is 1.54. The first kappa shape index (κ1) is 8.38. The van der Waals surface area contributed by atoms with Crippen molar-refractivity contribution in [1.82, 2.24) is 0 Å². The smallest absolute Gasteiger partial charge is 0.231 e. The van der Waals surface area contributed by atoms with Crippen molar-refractivity contribution in [3.63, 3.8) is 0 Å². The Bertz CT molecular complexity index is 320. The lowest BCUT2D eigenvalue weighted by atomic mass is 10.1. The minimum Gasteiger partial charge on any atom is -0.454 e. The van der Waals surface area contributed by atoms with E-state index in [-0.39, 0.29) is 13.4 Å². The van der Waals surface area contributed by atoms with Gasteiger partial charge < -0.3 is 14.6 Å². The zero-order chi connectivity index (χ0) is 9.26. The summed E-state index contributed by atoms with van der Waals surface area (Å²) in [5.74, 6) is 1.59. The molecular formula is C10H12O3. The molecule has 0 aliphatic carbocycles. The van der Waals surface area contributed by atoms with E-state index in [9.17, 15) is 0 Å². The van der Waals surface area contributed by atoms with Crippen LogP contribution in [-0.4, -0.2) is 18.5 Å². The van der Waals surface area contributed by atoms with Crippen LogP contribution in [0.15, 0.2) is 12.1 Å². The van der Waals surface area contributed by atoms with Crippen LogP contribution in [0.3, 0.4) is 0 Å². The van der Waals surface area contributed by atoms with Gasteiger partial charge in [-0.2, -0.15) is 0 Å². The lowest BCUT2D eigenvalue weighted by molar-refractivity contribution is 0.173. The van der Waals surface area contributed by atoms with Crippen molar-refractivity contribution >= 4 is 0 Å². The van der Waals surface area contributed by atoms with E-state index >= 15 is 0 Å². The zero-order valence-electron chi connectivity index (χ0n) is 7.54. The number of hydrogen-bond acceptors (Lipinski definition) is 3. The molecule has 1 N–H and O–H groups in total. The van der Waals surface area contributed by atoms with Gasteiger partial charge in [0.2, 0.25) is 6.79 Å². The Morgan fingerprint density at radius 3 is 3.00 bits per heavy atom. The first-order valence-electron chi connectivity index (χ1n) is 4.31. The Morgan fingerprint density at radius 2 is 2.23 bits per heavy atom. The van der Waals surface area contributed by atoms with E-state index in [1.165, 1.54) is 0 Å². The normalized spacial score (nSPS) is 13.4. The number of ether oxygens (including phenoxy) is 2. The van der Waals surface area contributed by atoms with E-state index in [1.807, 2.05) is 19.1 Å². The highest BCUT2D eigenvalue weighted by Crippen LogP contribution is 2.36. The third kappa shape index (κ3) is 1.47. The van der Waals surface area contributed by atoms with Crippen LogP contribution in [0.2, 0.25) is 0 Å². The van der Waals surface area contributed by atoms with E-state index in [2.05, 4.69) is 0 Å². The molecule has 1 aliphatic rings. The summed E-state index contributed by atoms with van der Waals surface area (Å²) in [5, 5.41) is 8.85. The van der Waals surface area contributed by atoms with Crippen LogP contribution in [0.5, 0.6) is 11.5 Å². The van der Waals surface area contributed by atoms with Gasteiger partial charge in [0.1, 0.15) is 0 Å². The lowest BCUT2D eigenvalue weighted by Crippen LogP contribution is -1.96. The molecule has 0 atom stereocenters. The second kappa shape index (κ2) is 3.26. The summed E-state index contributed by atoms with van der Waals surface area (Å²) in [6.07, 6.45) is 0.618. The molecular weight excluding hydrogens is 168 g/mol. The molecule has 0 spiro atoms. The SMILES string of the molecule is Cc1cc(CCO)c2c(c1)OCO2. The molecule has 0 saturated heterocycles. The minimum absolute atomic E-state index is 0.138. The predicted octanol–water partition coefficient (Wildman–Crippen LogP) is 1.26. The van der Waals surface area contributed by atoms with Crippen molar-refractivity contribution in [2.45, 2.75) is 13.3 Å². The van der Waals surface area contributed by atoms with Crippen LogP contribution in [0, 0.1) is 6.92 Å². The summed E-state index contributed by atoms with van der Waals surface area (Å²) in [7, 11) is 0. The summed E-state index contributed by atoms with van der Waals surface area (Å²) in [5.41, 5.74) is 2.16. The average Bonchev–Trinajstić information content (AvgIpc) is 2.52. The number of rotatable bonds is 2. The summed E-state index contributed by atoms with van der Waals surface area (Å²) in [4.78, 5) is 0. The van der Waals surface area contributed by atoms with Crippen molar-refractivity contribution in [2.75, 3.05) is 13.4 Å². The van der Waals surface area contributed by atoms with Crippen LogP contribution < -0.4 is 9.47 Å². The first-order chi connectivity index (χ1) is 6.31. The molecule has 70 valence electrons. The fraction of sp³-hybridized carbons (Fsp3) is 0.400. The van der Waals surface area contributed by atoms with Crippen molar-refractivity contribution in [3.05, 3.63) is 23.3 Å². The third-order valence-electron chi connectivity index (χ3n) is 2.07. The molecule has 3 heteroatoms. The average molecular weight is 180 g/mol. The van der Waals surface area contributed by atoms with Gasteiger partial charge in [-0.05, 0) is 25.0 Å². The van der Waals surface area contributed by atoms with E-state index in [4.69, 9.17) is 14.6 Å². The molecule has 0 amide bonds. The number of benzene rings is 1. The molecule has 1 heterocycles. The number of aliphatic hydroxyl groups excluding tert-OH is 1. The van der Waals surface area contributed by atoms with Gasteiger partial charge >= 0.3 is 0 Å². The monoisotopic (exact) mass is 180 g/mol. The highest BCUT2D eigenvalue weighted by atomic mass is 16.7. The largest absolute Gasteiger partial charge is 0.454 e. The summed E-state index contributed by atoms with van der Waals surface area (Å²) >= 11 is 0. The van der Waals surface area contributed by atoms with Crippen LogP contribution >= 0.6 is 0 Å². The van der Waals surface area contributed by atoms with Gasteiger partial charge in [0.05, 0.1) is 0 Å². The summed E-state index contributed by atoms with van der Waals surface area (Å²) in [6, 6.07) is 3.97. The van der Waals surface area contributed by atoms with Crippen LogP contribution in [0.25, 0.3) is 0 Å². The number of fused-ring (bicyclic) bond motifs is 1. The molecule has 0 unspecified atom stereocenters. The first-order valence-corrected chi connectivity index (χ1v) is 4.31. The van der Waals surface area contributed by atoms with E-state index in [1.54, 1.807) is 0 Å². The topological polar surface area (TPSA) is 38.7 Å². The minimum atomic E-state index is 0.138. The zero-order valence-corrected chi connectivity index (χ0v) is 7.54. The highest BCUT2D eigenvalue weighted by molar-refractivity contribution is 5.50. The Morgan fingerprint density at radius 1 is 1.38 bits per heavy atom. The molecule has 1 aliphatic heterocycles. The molecule has 3 nitrogen and oxygen atoms in total. The van der Waals surface area contributed by atoms with E-state index in [0.29, 0.717) is 6.42 Å². The number of hydrogen-bond donors (Lipinski definition) is 1. The van der Waals surface area contributed by atoms with Crippen molar-refractivity contribution < 1.29 is 14.6 Å². The van der Waals surface area contributed by atoms with Crippen LogP contribution in [0.4, 0.5) is 0 Å². The van der Waals surface area contributed by atoms with Gasteiger partial charge in [0.25, 0.3) is 0 Å². The molecule has 2 rings (SSSR count). The van der Waals surface area contributed by atoms with Crippen molar-refractivity contribution in [1.29, 1.82) is 0 Å². The van der Waals surface area contributed by atoms with Gasteiger partial charge in [-0.15, -0.1) is 0 Å². The van der Waals surface area contributed by atoms with Gasteiger partial charge in [-0.3, -0.25) is 0 Å². The second-order valence-electron chi connectivity index (χ2n) is 3.13. The molecule has 13 heavy (non-hydrogen) atoms.